The molecular weight excluding hydrogens is 717 g/mol. The van der Waals surface area contributed by atoms with Crippen LogP contribution in [0.3, 0.4) is 0 Å². The second-order valence-electron chi connectivity index (χ2n) is 16.0. The lowest BCUT2D eigenvalue weighted by atomic mass is 10.0. The summed E-state index contributed by atoms with van der Waals surface area (Å²) in [5, 5.41) is 0. The summed E-state index contributed by atoms with van der Waals surface area (Å²) >= 11 is 0. The smallest absolute Gasteiger partial charge is 0.309 e. The normalized spacial score (nSPS) is 12.8. The van der Waals surface area contributed by atoms with Crippen molar-refractivity contribution in [2.24, 2.45) is 0 Å². The van der Waals surface area contributed by atoms with Crippen LogP contribution in [0.4, 0.5) is 0 Å². The lowest BCUT2D eigenvalue weighted by Gasteiger charge is -2.18. The standard InChI is InChI=1S/C53H92O5/c1-4-7-10-13-16-19-22-25-27-29-31-34-37-40-43-46-52(54)57-50-51(49-56-48-45-42-39-36-33-30-26-23-20-17-14-11-8-5-2)58-53(55)47-44-41-38-35-32-28-24-21-18-15-12-9-6-3/h7,10,16,19,21,24-25,27,31,34,40,43,51H,4-6,8-9,11-15,17-18,20,22-23,26,28-30,32-33,35-39,41-42,44-50H2,1-3H3/b10-7-,19-16-,24-21-,27-25-,34-31-,43-40-. The van der Waals surface area contributed by atoms with Gasteiger partial charge in [0, 0.05) is 13.0 Å². The van der Waals surface area contributed by atoms with E-state index in [-0.39, 0.29) is 31.6 Å². The van der Waals surface area contributed by atoms with Crippen molar-refractivity contribution in [1.29, 1.82) is 0 Å². The van der Waals surface area contributed by atoms with Crippen LogP contribution < -0.4 is 0 Å². The first-order valence-corrected chi connectivity index (χ1v) is 24.5. The topological polar surface area (TPSA) is 61.8 Å². The molecule has 0 aromatic carbocycles. The summed E-state index contributed by atoms with van der Waals surface area (Å²) < 4.78 is 17.3. The second kappa shape index (κ2) is 48.7. The van der Waals surface area contributed by atoms with Crippen LogP contribution in [0.5, 0.6) is 0 Å². The van der Waals surface area contributed by atoms with E-state index in [1.54, 1.807) is 0 Å². The summed E-state index contributed by atoms with van der Waals surface area (Å²) in [5.74, 6) is -0.550. The van der Waals surface area contributed by atoms with Gasteiger partial charge in [-0.3, -0.25) is 9.59 Å². The van der Waals surface area contributed by atoms with Gasteiger partial charge in [-0.1, -0.05) is 216 Å². The summed E-state index contributed by atoms with van der Waals surface area (Å²) in [6.07, 6.45) is 62.1. The van der Waals surface area contributed by atoms with Gasteiger partial charge < -0.3 is 14.2 Å². The maximum absolute atomic E-state index is 12.7. The molecule has 0 N–H and O–H groups in total. The number of allylic oxidation sites excluding steroid dienone is 11. The van der Waals surface area contributed by atoms with E-state index in [1.807, 2.05) is 12.2 Å². The van der Waals surface area contributed by atoms with Crippen LogP contribution >= 0.6 is 0 Å². The molecule has 0 heterocycles. The largest absolute Gasteiger partial charge is 0.461 e. The van der Waals surface area contributed by atoms with Gasteiger partial charge in [0.25, 0.3) is 0 Å². The van der Waals surface area contributed by atoms with E-state index < -0.39 is 6.10 Å². The van der Waals surface area contributed by atoms with Gasteiger partial charge in [-0.15, -0.1) is 0 Å². The highest BCUT2D eigenvalue weighted by Gasteiger charge is 2.17. The first kappa shape index (κ1) is 55.3. The Labute approximate surface area is 359 Å². The molecule has 0 saturated carbocycles. The van der Waals surface area contributed by atoms with E-state index in [9.17, 15) is 9.59 Å². The zero-order valence-electron chi connectivity index (χ0n) is 38.3. The Morgan fingerprint density at radius 3 is 1.33 bits per heavy atom. The van der Waals surface area contributed by atoms with Gasteiger partial charge in [-0.25, -0.2) is 0 Å². The molecule has 0 aromatic heterocycles. The molecule has 0 bridgehead atoms. The zero-order chi connectivity index (χ0) is 42.1. The highest BCUT2D eigenvalue weighted by atomic mass is 16.6. The van der Waals surface area contributed by atoms with Gasteiger partial charge in [0.2, 0.25) is 0 Å². The van der Waals surface area contributed by atoms with Crippen LogP contribution in [0.25, 0.3) is 0 Å². The number of esters is 2. The van der Waals surface area contributed by atoms with Crippen LogP contribution in [0.15, 0.2) is 72.9 Å². The van der Waals surface area contributed by atoms with Crippen molar-refractivity contribution in [3.8, 4) is 0 Å². The minimum absolute atomic E-state index is 0.0279. The summed E-state index contributed by atoms with van der Waals surface area (Å²) in [7, 11) is 0. The van der Waals surface area contributed by atoms with Crippen molar-refractivity contribution < 1.29 is 23.8 Å². The van der Waals surface area contributed by atoms with Crippen molar-refractivity contribution in [1.82, 2.24) is 0 Å². The van der Waals surface area contributed by atoms with E-state index in [4.69, 9.17) is 14.2 Å². The molecule has 1 unspecified atom stereocenters. The predicted molar refractivity (Wildman–Crippen MR) is 251 cm³/mol. The SMILES string of the molecule is CC/C=C\C/C=C\C/C=C\C/C=C\C/C=C\CC(=O)OCC(COCCCCCCCCCCCCCCCC)OC(=O)CCCCCCC/C=C\CCCCCC. The third-order valence-electron chi connectivity index (χ3n) is 10.3. The minimum Gasteiger partial charge on any atom is -0.461 e. The summed E-state index contributed by atoms with van der Waals surface area (Å²) in [6.45, 7) is 7.60. The number of ether oxygens (including phenoxy) is 3. The van der Waals surface area contributed by atoms with Gasteiger partial charge in [0.15, 0.2) is 6.10 Å². The summed E-state index contributed by atoms with van der Waals surface area (Å²) in [5.41, 5.74) is 0. The molecule has 5 heteroatoms. The van der Waals surface area contributed by atoms with Crippen molar-refractivity contribution in [2.45, 2.75) is 232 Å². The Balaban J connectivity index is 4.39. The van der Waals surface area contributed by atoms with E-state index in [1.165, 1.54) is 122 Å². The third kappa shape index (κ3) is 46.0. The molecule has 334 valence electrons. The number of rotatable bonds is 44. The van der Waals surface area contributed by atoms with Crippen LogP contribution in [-0.4, -0.2) is 37.9 Å². The number of carbonyl (C=O) groups excluding carboxylic acids is 2. The van der Waals surface area contributed by atoms with Crippen LogP contribution in [-0.2, 0) is 23.8 Å². The number of hydrogen-bond donors (Lipinski definition) is 0. The van der Waals surface area contributed by atoms with Crippen molar-refractivity contribution in [3.63, 3.8) is 0 Å². The zero-order valence-corrected chi connectivity index (χ0v) is 38.3. The number of carbonyl (C=O) groups is 2. The van der Waals surface area contributed by atoms with Gasteiger partial charge in [0.1, 0.15) is 6.61 Å². The molecule has 0 spiro atoms. The lowest BCUT2D eigenvalue weighted by Crippen LogP contribution is -2.30. The highest BCUT2D eigenvalue weighted by Crippen LogP contribution is 2.14. The van der Waals surface area contributed by atoms with E-state index >= 15 is 0 Å². The van der Waals surface area contributed by atoms with Gasteiger partial charge in [0.05, 0.1) is 13.0 Å². The van der Waals surface area contributed by atoms with Crippen LogP contribution in [0, 0.1) is 0 Å². The number of unbranched alkanes of at least 4 members (excludes halogenated alkanes) is 22. The molecule has 0 aliphatic heterocycles. The monoisotopic (exact) mass is 809 g/mol. The Morgan fingerprint density at radius 1 is 0.414 bits per heavy atom. The third-order valence-corrected chi connectivity index (χ3v) is 10.3. The van der Waals surface area contributed by atoms with Gasteiger partial charge >= 0.3 is 11.9 Å². The van der Waals surface area contributed by atoms with Crippen molar-refractivity contribution >= 4 is 11.9 Å². The maximum Gasteiger partial charge on any atom is 0.309 e. The fraction of sp³-hybridized carbons (Fsp3) is 0.736. The number of hydrogen-bond acceptors (Lipinski definition) is 5. The van der Waals surface area contributed by atoms with E-state index in [2.05, 4.69) is 81.5 Å². The molecule has 0 radical (unpaired) electrons. The molecule has 58 heavy (non-hydrogen) atoms. The molecule has 0 saturated heterocycles. The maximum atomic E-state index is 12.7. The molecule has 0 fully saturated rings. The first-order chi connectivity index (χ1) is 28.6. The fourth-order valence-corrected chi connectivity index (χ4v) is 6.64. The molecule has 0 aliphatic carbocycles. The van der Waals surface area contributed by atoms with Gasteiger partial charge in [-0.05, 0) is 70.6 Å². The Bertz CT molecular complexity index is 1050. The predicted octanol–water partition coefficient (Wildman–Crippen LogP) is 16.3. The Kier molecular flexibility index (Phi) is 46.5. The first-order valence-electron chi connectivity index (χ1n) is 24.5. The molecule has 5 nitrogen and oxygen atoms in total. The van der Waals surface area contributed by atoms with Crippen LogP contribution in [0.2, 0.25) is 0 Å². The highest BCUT2D eigenvalue weighted by molar-refractivity contribution is 5.71. The average Bonchev–Trinajstić information content (AvgIpc) is 3.22. The Hall–Kier alpha value is -2.66. The molecule has 0 rings (SSSR count). The fourth-order valence-electron chi connectivity index (χ4n) is 6.64. The van der Waals surface area contributed by atoms with Gasteiger partial charge in [-0.2, -0.15) is 0 Å². The van der Waals surface area contributed by atoms with E-state index in [0.29, 0.717) is 13.0 Å². The van der Waals surface area contributed by atoms with E-state index in [0.717, 1.165) is 70.6 Å². The second-order valence-corrected chi connectivity index (χ2v) is 16.0. The average molecular weight is 809 g/mol. The molecular formula is C53H92O5. The molecule has 1 atom stereocenters. The lowest BCUT2D eigenvalue weighted by molar-refractivity contribution is -0.162. The van der Waals surface area contributed by atoms with Crippen molar-refractivity contribution in [2.75, 3.05) is 19.8 Å². The molecule has 0 amide bonds. The van der Waals surface area contributed by atoms with Crippen LogP contribution in [0.1, 0.15) is 226 Å². The summed E-state index contributed by atoms with van der Waals surface area (Å²) in [4.78, 5) is 25.2. The van der Waals surface area contributed by atoms with Crippen molar-refractivity contribution in [3.05, 3.63) is 72.9 Å². The molecule has 0 aliphatic rings. The molecule has 0 aromatic rings. The quantitative estimate of drug-likeness (QED) is 0.0348. The minimum atomic E-state index is -0.579. The Morgan fingerprint density at radius 2 is 0.828 bits per heavy atom. The summed E-state index contributed by atoms with van der Waals surface area (Å²) in [6, 6.07) is 0.